The molecule has 7 heteroatoms. The Morgan fingerprint density at radius 1 is 1.21 bits per heavy atom. The molecular formula is C17H21ClN4OS. The summed E-state index contributed by atoms with van der Waals surface area (Å²) in [6, 6.07) is 5.84. The number of hydrogen-bond donors (Lipinski definition) is 0. The van der Waals surface area contributed by atoms with Gasteiger partial charge in [-0.1, -0.05) is 0 Å². The maximum Gasteiger partial charge on any atom is 0.224 e. The minimum absolute atomic E-state index is 0.223. The van der Waals surface area contributed by atoms with E-state index in [1.54, 1.807) is 12.4 Å². The first-order valence-corrected chi connectivity index (χ1v) is 11.0. The first kappa shape index (κ1) is 17.2. The van der Waals surface area contributed by atoms with E-state index in [9.17, 15) is 0 Å². The average Bonchev–Trinajstić information content (AvgIpc) is 2.93. The van der Waals surface area contributed by atoms with Crippen molar-refractivity contribution in [2.24, 2.45) is 0 Å². The van der Waals surface area contributed by atoms with Gasteiger partial charge in [0.15, 0.2) is 0 Å². The highest BCUT2D eigenvalue weighted by molar-refractivity contribution is 8.32. The largest absolute Gasteiger partial charge is 0.360 e. The van der Waals surface area contributed by atoms with Crippen LogP contribution in [0.3, 0.4) is 0 Å². The van der Waals surface area contributed by atoms with Crippen molar-refractivity contribution in [3.8, 4) is 11.3 Å². The van der Waals surface area contributed by atoms with Crippen molar-refractivity contribution in [3.05, 3.63) is 42.1 Å². The Morgan fingerprint density at radius 2 is 2.04 bits per heavy atom. The number of halogens is 1. The molecule has 0 aliphatic rings. The molecule has 3 heterocycles. The van der Waals surface area contributed by atoms with Crippen LogP contribution in [0.4, 0.5) is 0 Å². The van der Waals surface area contributed by atoms with Gasteiger partial charge < -0.3 is 9.30 Å². The van der Waals surface area contributed by atoms with E-state index in [0.29, 0.717) is 6.73 Å². The first-order chi connectivity index (χ1) is 11.4. The molecule has 0 saturated carbocycles. The summed E-state index contributed by atoms with van der Waals surface area (Å²) in [5, 5.41) is 1.16. The third-order valence-electron chi connectivity index (χ3n) is 3.60. The minimum atomic E-state index is -0.545. The second-order valence-electron chi connectivity index (χ2n) is 6.44. The highest BCUT2D eigenvalue weighted by Gasteiger charge is 2.13. The quantitative estimate of drug-likeness (QED) is 0.493. The molecule has 0 spiro atoms. The van der Waals surface area contributed by atoms with Crippen LogP contribution in [0.2, 0.25) is 5.28 Å². The summed E-state index contributed by atoms with van der Waals surface area (Å²) in [4.78, 5) is 12.9. The van der Waals surface area contributed by atoms with E-state index in [2.05, 4.69) is 33.7 Å². The summed E-state index contributed by atoms with van der Waals surface area (Å²) in [5.74, 6) is 1.09. The molecule has 3 aromatic heterocycles. The maximum atomic E-state index is 6.13. The van der Waals surface area contributed by atoms with E-state index in [4.69, 9.17) is 16.3 Å². The van der Waals surface area contributed by atoms with Gasteiger partial charge in [-0.05, 0) is 48.6 Å². The molecule has 0 aromatic carbocycles. The Labute approximate surface area is 148 Å². The zero-order chi connectivity index (χ0) is 17.2. The van der Waals surface area contributed by atoms with E-state index in [0.717, 1.165) is 34.7 Å². The molecule has 24 heavy (non-hydrogen) atoms. The SMILES string of the molecule is CS(C)(C)CCOCn1ccc2c(-c3cccnc3)nc(Cl)nc21. The molecule has 0 radical (unpaired) electrons. The lowest BCUT2D eigenvalue weighted by Gasteiger charge is -2.24. The molecule has 5 nitrogen and oxygen atoms in total. The lowest BCUT2D eigenvalue weighted by molar-refractivity contribution is 0.0923. The predicted octanol–water partition coefficient (Wildman–Crippen LogP) is 3.81. The molecule has 3 rings (SSSR count). The Hall–Kier alpha value is -1.63. The van der Waals surface area contributed by atoms with Gasteiger partial charge >= 0.3 is 0 Å². The lowest BCUT2D eigenvalue weighted by atomic mass is 10.1. The number of fused-ring (bicyclic) bond motifs is 1. The molecule has 0 amide bonds. The summed E-state index contributed by atoms with van der Waals surface area (Å²) in [5.41, 5.74) is 2.48. The van der Waals surface area contributed by atoms with Gasteiger partial charge in [0.05, 0.1) is 12.3 Å². The Balaban J connectivity index is 1.86. The zero-order valence-corrected chi connectivity index (χ0v) is 15.6. The number of pyridine rings is 1. The van der Waals surface area contributed by atoms with Crippen LogP contribution < -0.4 is 0 Å². The first-order valence-electron chi connectivity index (χ1n) is 7.60. The van der Waals surface area contributed by atoms with Crippen LogP contribution in [-0.2, 0) is 11.5 Å². The third-order valence-corrected chi connectivity index (χ3v) is 5.16. The standard InChI is InChI=1S/C17H21ClN4OS/c1-24(2,3)10-9-23-12-22-8-6-14-15(13-5-4-7-19-11-13)20-17(18)21-16(14)22/h4-8,11H,9-10,12H2,1-3H3. The van der Waals surface area contributed by atoms with Crippen LogP contribution in [0.25, 0.3) is 22.3 Å². The summed E-state index contributed by atoms with van der Waals surface area (Å²) < 4.78 is 7.77. The molecule has 0 atom stereocenters. The van der Waals surface area contributed by atoms with Crippen molar-refractivity contribution in [2.45, 2.75) is 6.73 Å². The highest BCUT2D eigenvalue weighted by atomic mass is 35.5. The van der Waals surface area contributed by atoms with E-state index >= 15 is 0 Å². The lowest BCUT2D eigenvalue weighted by Crippen LogP contribution is -2.09. The van der Waals surface area contributed by atoms with Crippen molar-refractivity contribution >= 4 is 32.7 Å². The van der Waals surface area contributed by atoms with Gasteiger partial charge in [-0.2, -0.15) is 4.98 Å². The third kappa shape index (κ3) is 4.06. The molecular weight excluding hydrogens is 344 g/mol. The molecule has 0 fully saturated rings. The van der Waals surface area contributed by atoms with Gasteiger partial charge in [0.1, 0.15) is 12.4 Å². The van der Waals surface area contributed by atoms with E-state index in [1.165, 1.54) is 0 Å². The monoisotopic (exact) mass is 364 g/mol. The fourth-order valence-corrected chi connectivity index (χ4v) is 3.12. The molecule has 0 aliphatic heterocycles. The van der Waals surface area contributed by atoms with Crippen LogP contribution in [0.15, 0.2) is 36.8 Å². The minimum Gasteiger partial charge on any atom is -0.360 e. The molecule has 0 saturated heterocycles. The smallest absolute Gasteiger partial charge is 0.224 e. The molecule has 3 aromatic rings. The summed E-state index contributed by atoms with van der Waals surface area (Å²) in [7, 11) is -0.545. The summed E-state index contributed by atoms with van der Waals surface area (Å²) in [6.07, 6.45) is 12.3. The predicted molar refractivity (Wildman–Crippen MR) is 102 cm³/mol. The van der Waals surface area contributed by atoms with Gasteiger partial charge in [-0.15, -0.1) is 0 Å². The van der Waals surface area contributed by atoms with Gasteiger partial charge in [0.25, 0.3) is 0 Å². The zero-order valence-electron chi connectivity index (χ0n) is 14.1. The normalized spacial score (nSPS) is 12.7. The number of aromatic nitrogens is 4. The molecule has 0 unspecified atom stereocenters. The maximum absolute atomic E-state index is 6.13. The fraction of sp³-hybridized carbons (Fsp3) is 0.353. The van der Waals surface area contributed by atoms with Crippen LogP contribution >= 0.6 is 21.6 Å². The van der Waals surface area contributed by atoms with Crippen LogP contribution in [-0.4, -0.2) is 50.6 Å². The molecule has 0 aliphatic carbocycles. The number of rotatable bonds is 6. The fourth-order valence-electron chi connectivity index (χ4n) is 2.34. The van der Waals surface area contributed by atoms with Crippen molar-refractivity contribution < 1.29 is 4.74 Å². The second-order valence-corrected chi connectivity index (χ2v) is 11.4. The topological polar surface area (TPSA) is 52.8 Å². The number of nitrogens with zero attached hydrogens (tertiary/aromatic N) is 4. The van der Waals surface area contributed by atoms with Crippen molar-refractivity contribution in [2.75, 3.05) is 31.1 Å². The second kappa shape index (κ2) is 7.09. The molecule has 0 bridgehead atoms. The molecule has 0 N–H and O–H groups in total. The van der Waals surface area contributed by atoms with Crippen molar-refractivity contribution in [1.29, 1.82) is 0 Å². The van der Waals surface area contributed by atoms with Gasteiger partial charge in [0, 0.05) is 35.3 Å². The Bertz CT molecular complexity index is 830. The van der Waals surface area contributed by atoms with E-state index in [-0.39, 0.29) is 5.28 Å². The van der Waals surface area contributed by atoms with Crippen LogP contribution in [0.5, 0.6) is 0 Å². The number of ether oxygens (including phenoxy) is 1. The number of hydrogen-bond acceptors (Lipinski definition) is 4. The van der Waals surface area contributed by atoms with Gasteiger partial charge in [-0.3, -0.25) is 4.98 Å². The van der Waals surface area contributed by atoms with Gasteiger partial charge in [0.2, 0.25) is 5.28 Å². The Morgan fingerprint density at radius 3 is 2.75 bits per heavy atom. The van der Waals surface area contributed by atoms with Crippen LogP contribution in [0.1, 0.15) is 0 Å². The average molecular weight is 365 g/mol. The van der Waals surface area contributed by atoms with Crippen molar-refractivity contribution in [3.63, 3.8) is 0 Å². The van der Waals surface area contributed by atoms with Crippen LogP contribution in [0, 0.1) is 0 Å². The highest BCUT2D eigenvalue weighted by Crippen LogP contribution is 2.33. The summed E-state index contributed by atoms with van der Waals surface area (Å²) in [6.45, 7) is 1.20. The van der Waals surface area contributed by atoms with E-state index in [1.807, 2.05) is 29.0 Å². The Kier molecular flexibility index (Phi) is 5.08. The van der Waals surface area contributed by atoms with E-state index < -0.39 is 10.0 Å². The summed E-state index contributed by atoms with van der Waals surface area (Å²) >= 11 is 6.13. The van der Waals surface area contributed by atoms with Crippen molar-refractivity contribution in [1.82, 2.24) is 19.5 Å². The van der Waals surface area contributed by atoms with Gasteiger partial charge in [-0.25, -0.2) is 15.0 Å². The molecule has 128 valence electrons.